The van der Waals surface area contributed by atoms with Crippen LogP contribution in [0.15, 0.2) is 29.2 Å². The van der Waals surface area contributed by atoms with Gasteiger partial charge in [0.1, 0.15) is 0 Å². The lowest BCUT2D eigenvalue weighted by molar-refractivity contribution is -0.121. The van der Waals surface area contributed by atoms with Gasteiger partial charge in [-0.3, -0.25) is 9.48 Å². The first-order valence-corrected chi connectivity index (χ1v) is 7.35. The summed E-state index contributed by atoms with van der Waals surface area (Å²) in [5, 5.41) is 11.3. The molecule has 1 atom stereocenters. The van der Waals surface area contributed by atoms with Crippen molar-refractivity contribution in [3.05, 3.63) is 40.3 Å². The number of hydrogen-bond acceptors (Lipinski definition) is 3. The first-order valence-electron chi connectivity index (χ1n) is 6.41. The molecule has 4 nitrogen and oxygen atoms in total. The van der Waals surface area contributed by atoms with Gasteiger partial charge in [0.25, 0.3) is 0 Å². The summed E-state index contributed by atoms with van der Waals surface area (Å²) in [7, 11) is 1.88. The molecule has 0 radical (unpaired) electrons. The van der Waals surface area contributed by atoms with E-state index in [1.807, 2.05) is 13.2 Å². The van der Waals surface area contributed by atoms with Crippen molar-refractivity contribution in [1.29, 1.82) is 0 Å². The van der Waals surface area contributed by atoms with Crippen molar-refractivity contribution >= 4 is 17.2 Å². The van der Waals surface area contributed by atoms with E-state index in [1.165, 1.54) is 5.56 Å². The molecule has 0 aliphatic carbocycles. The van der Waals surface area contributed by atoms with Crippen LogP contribution in [0, 0.1) is 0 Å². The Hall–Kier alpha value is -1.62. The molecule has 102 valence electrons. The zero-order chi connectivity index (χ0) is 13.7. The smallest absolute Gasteiger partial charge is 0.220 e. The SMILES string of the molecule is C[C@H](CNC(=O)CCc1cnn(C)c1)c1ccsc1. The van der Waals surface area contributed by atoms with Crippen LogP contribution in [0.3, 0.4) is 0 Å². The Labute approximate surface area is 117 Å². The van der Waals surface area contributed by atoms with E-state index in [9.17, 15) is 4.79 Å². The third-order valence-corrected chi connectivity index (χ3v) is 3.82. The first-order chi connectivity index (χ1) is 9.15. The second-order valence-electron chi connectivity index (χ2n) is 4.78. The molecular formula is C14H19N3OS. The van der Waals surface area contributed by atoms with Gasteiger partial charge < -0.3 is 5.32 Å². The van der Waals surface area contributed by atoms with Crippen LogP contribution in [0.5, 0.6) is 0 Å². The lowest BCUT2D eigenvalue weighted by atomic mass is 10.1. The van der Waals surface area contributed by atoms with Crippen LogP contribution in [0.2, 0.25) is 0 Å². The summed E-state index contributed by atoms with van der Waals surface area (Å²) in [6.45, 7) is 2.83. The second kappa shape index (κ2) is 6.52. The van der Waals surface area contributed by atoms with Crippen LogP contribution >= 0.6 is 11.3 Å². The maximum absolute atomic E-state index is 11.8. The molecule has 2 aromatic heterocycles. The normalized spacial score (nSPS) is 12.3. The Morgan fingerprint density at radius 3 is 3.05 bits per heavy atom. The summed E-state index contributed by atoms with van der Waals surface area (Å²) in [4.78, 5) is 11.8. The van der Waals surface area contributed by atoms with Crippen molar-refractivity contribution in [3.63, 3.8) is 0 Å². The molecule has 0 aliphatic rings. The number of amides is 1. The molecule has 0 bridgehead atoms. The van der Waals surface area contributed by atoms with Crippen LogP contribution in [-0.2, 0) is 18.3 Å². The van der Waals surface area contributed by atoms with E-state index < -0.39 is 0 Å². The molecule has 19 heavy (non-hydrogen) atoms. The summed E-state index contributed by atoms with van der Waals surface area (Å²) in [6, 6.07) is 2.11. The zero-order valence-electron chi connectivity index (χ0n) is 11.3. The fourth-order valence-electron chi connectivity index (χ4n) is 1.89. The molecule has 2 heterocycles. The van der Waals surface area contributed by atoms with Crippen LogP contribution in [0.25, 0.3) is 0 Å². The van der Waals surface area contributed by atoms with E-state index >= 15 is 0 Å². The summed E-state index contributed by atoms with van der Waals surface area (Å²) < 4.78 is 1.76. The highest BCUT2D eigenvalue weighted by Crippen LogP contribution is 2.17. The van der Waals surface area contributed by atoms with Crippen LogP contribution in [0.4, 0.5) is 0 Å². The van der Waals surface area contributed by atoms with Gasteiger partial charge in [-0.25, -0.2) is 0 Å². The minimum Gasteiger partial charge on any atom is -0.355 e. The Balaban J connectivity index is 1.70. The van der Waals surface area contributed by atoms with Gasteiger partial charge in [-0.05, 0) is 40.3 Å². The van der Waals surface area contributed by atoms with E-state index in [-0.39, 0.29) is 5.91 Å². The number of aryl methyl sites for hydroxylation is 2. The third-order valence-electron chi connectivity index (χ3n) is 3.12. The van der Waals surface area contributed by atoms with Gasteiger partial charge >= 0.3 is 0 Å². The summed E-state index contributed by atoms with van der Waals surface area (Å²) in [6.07, 6.45) is 5.01. The number of hydrogen-bond donors (Lipinski definition) is 1. The topological polar surface area (TPSA) is 46.9 Å². The highest BCUT2D eigenvalue weighted by Gasteiger charge is 2.08. The molecule has 1 N–H and O–H groups in total. The summed E-state index contributed by atoms with van der Waals surface area (Å²) >= 11 is 1.69. The maximum Gasteiger partial charge on any atom is 0.220 e. The number of rotatable bonds is 6. The minimum absolute atomic E-state index is 0.103. The van der Waals surface area contributed by atoms with Gasteiger partial charge in [0.2, 0.25) is 5.91 Å². The first kappa shape index (κ1) is 13.8. The van der Waals surface area contributed by atoms with Crippen molar-refractivity contribution in [2.45, 2.75) is 25.7 Å². The van der Waals surface area contributed by atoms with Crippen molar-refractivity contribution in [2.24, 2.45) is 7.05 Å². The quantitative estimate of drug-likeness (QED) is 0.881. The van der Waals surface area contributed by atoms with Crippen LogP contribution < -0.4 is 5.32 Å². The Morgan fingerprint density at radius 2 is 2.42 bits per heavy atom. The number of carbonyl (C=O) groups is 1. The standard InChI is InChI=1S/C14H19N3OS/c1-11(13-5-6-19-10-13)7-15-14(18)4-3-12-8-16-17(2)9-12/h5-6,8-11H,3-4,7H2,1-2H3,(H,15,18)/t11-/m1/s1. The van der Waals surface area contributed by atoms with E-state index in [0.717, 1.165) is 12.0 Å². The van der Waals surface area contributed by atoms with Crippen LogP contribution in [-0.4, -0.2) is 22.2 Å². The molecule has 0 aromatic carbocycles. The summed E-state index contributed by atoms with van der Waals surface area (Å²) in [5.41, 5.74) is 2.39. The van der Waals surface area contributed by atoms with E-state index in [1.54, 1.807) is 22.2 Å². The molecule has 0 saturated carbocycles. The summed E-state index contributed by atoms with van der Waals surface area (Å²) in [5.74, 6) is 0.472. The number of nitrogens with zero attached hydrogens (tertiary/aromatic N) is 2. The van der Waals surface area contributed by atoms with E-state index in [2.05, 4.69) is 34.2 Å². The maximum atomic E-state index is 11.8. The molecule has 0 spiro atoms. The molecule has 0 saturated heterocycles. The number of aromatic nitrogens is 2. The van der Waals surface area contributed by atoms with Crippen molar-refractivity contribution in [1.82, 2.24) is 15.1 Å². The number of carbonyl (C=O) groups excluding carboxylic acids is 1. The molecular weight excluding hydrogens is 258 g/mol. The molecule has 5 heteroatoms. The number of nitrogens with one attached hydrogen (secondary N) is 1. The highest BCUT2D eigenvalue weighted by atomic mass is 32.1. The Morgan fingerprint density at radius 1 is 1.58 bits per heavy atom. The van der Waals surface area contributed by atoms with Gasteiger partial charge in [-0.2, -0.15) is 16.4 Å². The van der Waals surface area contributed by atoms with Gasteiger partial charge in [0.15, 0.2) is 0 Å². The van der Waals surface area contributed by atoms with Gasteiger partial charge in [-0.15, -0.1) is 0 Å². The Bertz CT molecular complexity index is 519. The predicted octanol–water partition coefficient (Wildman–Crippen LogP) is 2.33. The number of thiophene rings is 1. The molecule has 2 aromatic rings. The van der Waals surface area contributed by atoms with Crippen LogP contribution in [0.1, 0.15) is 30.4 Å². The average molecular weight is 277 g/mol. The monoisotopic (exact) mass is 277 g/mol. The fraction of sp³-hybridized carbons (Fsp3) is 0.429. The average Bonchev–Trinajstić information content (AvgIpc) is 3.04. The predicted molar refractivity (Wildman–Crippen MR) is 77.3 cm³/mol. The van der Waals surface area contributed by atoms with Gasteiger partial charge in [0.05, 0.1) is 6.20 Å². The van der Waals surface area contributed by atoms with Gasteiger partial charge in [-0.1, -0.05) is 6.92 Å². The molecule has 0 fully saturated rings. The van der Waals surface area contributed by atoms with Gasteiger partial charge in [0, 0.05) is 26.2 Å². The van der Waals surface area contributed by atoms with E-state index in [4.69, 9.17) is 0 Å². The lowest BCUT2D eigenvalue weighted by Crippen LogP contribution is -2.27. The minimum atomic E-state index is 0.103. The largest absolute Gasteiger partial charge is 0.355 e. The highest BCUT2D eigenvalue weighted by molar-refractivity contribution is 7.07. The lowest BCUT2D eigenvalue weighted by Gasteiger charge is -2.11. The molecule has 1 amide bonds. The van der Waals surface area contributed by atoms with Crippen molar-refractivity contribution < 1.29 is 4.79 Å². The zero-order valence-corrected chi connectivity index (χ0v) is 12.1. The Kier molecular flexibility index (Phi) is 4.74. The van der Waals surface area contributed by atoms with Crippen molar-refractivity contribution in [3.8, 4) is 0 Å². The molecule has 0 unspecified atom stereocenters. The molecule has 0 aliphatic heterocycles. The van der Waals surface area contributed by atoms with E-state index in [0.29, 0.717) is 18.9 Å². The van der Waals surface area contributed by atoms with Crippen molar-refractivity contribution in [2.75, 3.05) is 6.54 Å². The second-order valence-corrected chi connectivity index (χ2v) is 5.56. The third kappa shape index (κ3) is 4.21. The molecule has 2 rings (SSSR count). The fourth-order valence-corrected chi connectivity index (χ4v) is 2.67.